The molecule has 0 aromatic heterocycles. The van der Waals surface area contributed by atoms with Gasteiger partial charge >= 0.3 is 11.9 Å². The third-order valence-corrected chi connectivity index (χ3v) is 2.53. The number of likely N-dealkylation sites (tertiary alicyclic amines) is 1. The summed E-state index contributed by atoms with van der Waals surface area (Å²) >= 11 is 0. The summed E-state index contributed by atoms with van der Waals surface area (Å²) in [6.07, 6.45) is 3.43. The number of carboxylic acids is 1. The normalized spacial score (nSPS) is 22.9. The Morgan fingerprint density at radius 3 is 2.57 bits per heavy atom. The number of aliphatic hydroxyl groups excluding tert-OH is 1. The average molecular weight is 201 g/mol. The van der Waals surface area contributed by atoms with Crippen LogP contribution < -0.4 is 0 Å². The molecule has 1 unspecified atom stereocenters. The number of aliphatic carboxylic acids is 1. The van der Waals surface area contributed by atoms with Crippen LogP contribution in [0.4, 0.5) is 0 Å². The van der Waals surface area contributed by atoms with Gasteiger partial charge in [-0.25, -0.2) is 4.79 Å². The summed E-state index contributed by atoms with van der Waals surface area (Å²) in [5.74, 6) is -2.34. The Kier molecular flexibility index (Phi) is 3.88. The van der Waals surface area contributed by atoms with Gasteiger partial charge in [0.1, 0.15) is 0 Å². The van der Waals surface area contributed by atoms with Crippen molar-refractivity contribution in [3.63, 3.8) is 0 Å². The van der Waals surface area contributed by atoms with E-state index in [1.54, 1.807) is 0 Å². The van der Waals surface area contributed by atoms with E-state index in [4.69, 9.17) is 10.2 Å². The molecule has 1 aliphatic rings. The number of nitrogens with zero attached hydrogens (tertiary/aromatic N) is 1. The van der Waals surface area contributed by atoms with Crippen molar-refractivity contribution in [2.24, 2.45) is 0 Å². The lowest BCUT2D eigenvalue weighted by atomic mass is 10.1. The van der Waals surface area contributed by atoms with Gasteiger partial charge in [0.05, 0.1) is 12.6 Å². The third kappa shape index (κ3) is 2.45. The number of carbonyl (C=O) groups is 2. The maximum atomic E-state index is 11.2. The van der Waals surface area contributed by atoms with Crippen molar-refractivity contribution < 1.29 is 19.8 Å². The van der Waals surface area contributed by atoms with Crippen LogP contribution in [0.3, 0.4) is 0 Å². The Bertz CT molecular complexity index is 229. The fourth-order valence-corrected chi connectivity index (χ4v) is 1.76. The second-order valence-corrected chi connectivity index (χ2v) is 3.49. The Labute approximate surface area is 82.3 Å². The van der Waals surface area contributed by atoms with Gasteiger partial charge in [0, 0.05) is 6.54 Å². The smallest absolute Gasteiger partial charge is 0.394 e. The van der Waals surface area contributed by atoms with Crippen LogP contribution in [0.25, 0.3) is 0 Å². The summed E-state index contributed by atoms with van der Waals surface area (Å²) in [5.41, 5.74) is 0. The Balaban J connectivity index is 2.69. The number of amides is 1. The lowest BCUT2D eigenvalue weighted by molar-refractivity contribution is -0.157. The molecule has 1 aliphatic heterocycles. The molecule has 0 spiro atoms. The lowest BCUT2D eigenvalue weighted by Crippen LogP contribution is -2.45. The van der Waals surface area contributed by atoms with E-state index >= 15 is 0 Å². The van der Waals surface area contributed by atoms with E-state index in [1.807, 2.05) is 0 Å². The molecule has 1 fully saturated rings. The molecule has 0 aliphatic carbocycles. The van der Waals surface area contributed by atoms with E-state index in [1.165, 1.54) is 4.90 Å². The number of carbonyl (C=O) groups excluding carboxylic acids is 1. The van der Waals surface area contributed by atoms with E-state index in [2.05, 4.69) is 0 Å². The monoisotopic (exact) mass is 201 g/mol. The largest absolute Gasteiger partial charge is 0.474 e. The van der Waals surface area contributed by atoms with Crippen molar-refractivity contribution in [3.05, 3.63) is 0 Å². The fraction of sp³-hybridized carbons (Fsp3) is 0.778. The summed E-state index contributed by atoms with van der Waals surface area (Å²) in [6, 6.07) is -0.318. The van der Waals surface area contributed by atoms with Gasteiger partial charge < -0.3 is 15.1 Å². The van der Waals surface area contributed by atoms with Gasteiger partial charge in [0.2, 0.25) is 0 Å². The van der Waals surface area contributed by atoms with Gasteiger partial charge in [-0.15, -0.1) is 0 Å². The van der Waals surface area contributed by atoms with Gasteiger partial charge in [0.15, 0.2) is 0 Å². The maximum Gasteiger partial charge on any atom is 0.394 e. The summed E-state index contributed by atoms with van der Waals surface area (Å²) < 4.78 is 0. The van der Waals surface area contributed by atoms with Crippen molar-refractivity contribution in [2.75, 3.05) is 13.2 Å². The fourth-order valence-electron chi connectivity index (χ4n) is 1.76. The van der Waals surface area contributed by atoms with Crippen molar-refractivity contribution in [3.8, 4) is 0 Å². The first-order valence-corrected chi connectivity index (χ1v) is 4.81. The molecule has 1 atom stereocenters. The highest BCUT2D eigenvalue weighted by Gasteiger charge is 2.28. The van der Waals surface area contributed by atoms with Crippen LogP contribution in [0, 0.1) is 0 Å². The number of aliphatic hydroxyl groups is 1. The molecule has 0 saturated carbocycles. The van der Waals surface area contributed by atoms with E-state index in [-0.39, 0.29) is 12.6 Å². The number of hydrogen-bond donors (Lipinski definition) is 2. The van der Waals surface area contributed by atoms with Crippen LogP contribution in [-0.4, -0.2) is 46.2 Å². The minimum atomic E-state index is -1.44. The quantitative estimate of drug-likeness (QED) is 0.577. The molecule has 1 rings (SSSR count). The first-order valence-electron chi connectivity index (χ1n) is 4.81. The molecular formula is C9H15NO4. The minimum Gasteiger partial charge on any atom is -0.474 e. The van der Waals surface area contributed by atoms with Crippen LogP contribution in [0.5, 0.6) is 0 Å². The first-order chi connectivity index (χ1) is 6.66. The van der Waals surface area contributed by atoms with Crippen molar-refractivity contribution >= 4 is 11.9 Å². The highest BCUT2D eigenvalue weighted by molar-refractivity contribution is 6.31. The zero-order valence-electron chi connectivity index (χ0n) is 7.98. The first kappa shape index (κ1) is 11.0. The molecule has 5 nitrogen and oxygen atoms in total. The topological polar surface area (TPSA) is 77.8 Å². The molecule has 0 aromatic rings. The van der Waals surface area contributed by atoms with Crippen molar-refractivity contribution in [1.29, 1.82) is 0 Å². The zero-order valence-corrected chi connectivity index (χ0v) is 7.98. The molecule has 0 radical (unpaired) electrons. The summed E-state index contributed by atoms with van der Waals surface area (Å²) in [7, 11) is 0. The van der Waals surface area contributed by atoms with E-state index in [0.717, 1.165) is 19.3 Å². The maximum absolute atomic E-state index is 11.2. The molecule has 1 heterocycles. The van der Waals surface area contributed by atoms with Gasteiger partial charge in [-0.2, -0.15) is 0 Å². The highest BCUT2D eigenvalue weighted by atomic mass is 16.4. The second kappa shape index (κ2) is 4.95. The summed E-state index contributed by atoms with van der Waals surface area (Å²) in [4.78, 5) is 23.0. The molecule has 0 aromatic carbocycles. The Morgan fingerprint density at radius 1 is 1.29 bits per heavy atom. The number of carboxylic acid groups (broad SMARTS) is 1. The molecule has 0 bridgehead atoms. The van der Waals surface area contributed by atoms with Crippen LogP contribution in [0.1, 0.15) is 25.7 Å². The standard InChI is InChI=1S/C9H15NO4/c11-6-7-4-2-1-3-5-10(7)8(12)9(13)14/h7,11H,1-6H2,(H,13,14). The van der Waals surface area contributed by atoms with Gasteiger partial charge in [0.25, 0.3) is 0 Å². The van der Waals surface area contributed by atoms with E-state index in [0.29, 0.717) is 13.0 Å². The molecule has 80 valence electrons. The number of hydrogen-bond acceptors (Lipinski definition) is 3. The Hall–Kier alpha value is -1.10. The molecule has 1 amide bonds. The van der Waals surface area contributed by atoms with Crippen molar-refractivity contribution in [1.82, 2.24) is 4.90 Å². The predicted octanol–water partition coefficient (Wildman–Crippen LogP) is -0.166. The Morgan fingerprint density at radius 2 is 2.00 bits per heavy atom. The molecule has 5 heteroatoms. The zero-order chi connectivity index (χ0) is 10.6. The van der Waals surface area contributed by atoms with Crippen LogP contribution in [-0.2, 0) is 9.59 Å². The molecule has 2 N–H and O–H groups in total. The minimum absolute atomic E-state index is 0.154. The summed E-state index contributed by atoms with van der Waals surface area (Å²) in [5, 5.41) is 17.6. The van der Waals surface area contributed by atoms with Gasteiger partial charge in [-0.05, 0) is 12.8 Å². The van der Waals surface area contributed by atoms with E-state index in [9.17, 15) is 9.59 Å². The number of rotatable bonds is 1. The second-order valence-electron chi connectivity index (χ2n) is 3.49. The molecule has 14 heavy (non-hydrogen) atoms. The molecule has 1 saturated heterocycles. The molecular weight excluding hydrogens is 186 g/mol. The SMILES string of the molecule is O=C(O)C(=O)N1CCCCCC1CO. The van der Waals surface area contributed by atoms with Crippen LogP contribution in [0.15, 0.2) is 0 Å². The average Bonchev–Trinajstić information content (AvgIpc) is 2.40. The van der Waals surface area contributed by atoms with Crippen molar-refractivity contribution in [2.45, 2.75) is 31.7 Å². The van der Waals surface area contributed by atoms with E-state index < -0.39 is 11.9 Å². The van der Waals surface area contributed by atoms with Crippen LogP contribution in [0.2, 0.25) is 0 Å². The lowest BCUT2D eigenvalue weighted by Gasteiger charge is -2.26. The van der Waals surface area contributed by atoms with Gasteiger partial charge in [-0.1, -0.05) is 12.8 Å². The van der Waals surface area contributed by atoms with Gasteiger partial charge in [-0.3, -0.25) is 4.79 Å². The third-order valence-electron chi connectivity index (χ3n) is 2.53. The van der Waals surface area contributed by atoms with Crippen LogP contribution >= 0.6 is 0 Å². The summed E-state index contributed by atoms with van der Waals surface area (Å²) in [6.45, 7) is 0.287. The highest BCUT2D eigenvalue weighted by Crippen LogP contribution is 2.16. The predicted molar refractivity (Wildman–Crippen MR) is 48.7 cm³/mol.